The summed E-state index contributed by atoms with van der Waals surface area (Å²) in [5, 5.41) is 0. The lowest BCUT2D eigenvalue weighted by molar-refractivity contribution is -0.197. The van der Waals surface area contributed by atoms with Crippen LogP contribution in [0.25, 0.3) is 0 Å². The molecule has 10 nitrogen and oxygen atoms in total. The van der Waals surface area contributed by atoms with Gasteiger partial charge in [-0.3, -0.25) is 19.2 Å². The van der Waals surface area contributed by atoms with Crippen LogP contribution in [0.15, 0.2) is 0 Å². The van der Waals surface area contributed by atoms with Crippen LogP contribution >= 0.6 is 11.8 Å². The largest absolute Gasteiger partial charge is 0.462 e. The van der Waals surface area contributed by atoms with Gasteiger partial charge in [0.15, 0.2) is 17.1 Å². The molecule has 2 aliphatic heterocycles. The molecule has 0 saturated carbocycles. The summed E-state index contributed by atoms with van der Waals surface area (Å²) in [7, 11) is 0. The first-order chi connectivity index (χ1) is 13.3. The first-order valence-electron chi connectivity index (χ1n) is 8.96. The molecule has 4 unspecified atom stereocenters. The summed E-state index contributed by atoms with van der Waals surface area (Å²) in [6.45, 7) is 7.63. The molecule has 162 valence electrons. The maximum Gasteiger partial charge on any atom is 0.330 e. The number of hydrogen-bond acceptors (Lipinski definition) is 10. The van der Waals surface area contributed by atoms with Gasteiger partial charge < -0.3 is 23.8 Å². The number of fused-ring (bicyclic) bond motifs is 2. The Bertz CT molecular complexity index is 737. The van der Waals surface area contributed by atoms with Crippen LogP contribution in [0.5, 0.6) is 0 Å². The first-order valence-corrected chi connectivity index (χ1v) is 9.78. The number of hydrogen-bond donors (Lipinski definition) is 0. The lowest BCUT2D eigenvalue weighted by Crippen LogP contribution is -2.68. The third kappa shape index (κ3) is 4.49. The molecule has 2 bridgehead atoms. The maximum absolute atomic E-state index is 12.6. The molecule has 2 saturated heterocycles. The van der Waals surface area contributed by atoms with E-state index < -0.39 is 64.3 Å². The summed E-state index contributed by atoms with van der Waals surface area (Å²) in [4.78, 5) is 59.9. The average molecular weight is 431 g/mol. The third-order valence-electron chi connectivity index (χ3n) is 4.59. The number of ether oxygens (including phenoxy) is 4. The van der Waals surface area contributed by atoms with Crippen LogP contribution in [0, 0.1) is 0 Å². The Balaban J connectivity index is 2.59. The second-order valence-electron chi connectivity index (χ2n) is 7.43. The third-order valence-corrected chi connectivity index (χ3v) is 6.24. The zero-order valence-electron chi connectivity index (χ0n) is 17.2. The van der Waals surface area contributed by atoms with Crippen molar-refractivity contribution in [2.75, 3.05) is 13.2 Å². The van der Waals surface area contributed by atoms with Crippen LogP contribution in [-0.2, 0) is 42.9 Å². The van der Waals surface area contributed by atoms with E-state index >= 15 is 0 Å². The predicted molar refractivity (Wildman–Crippen MR) is 99.4 cm³/mol. The summed E-state index contributed by atoms with van der Waals surface area (Å²) in [6, 6.07) is -0.927. The smallest absolute Gasteiger partial charge is 0.330 e. The highest BCUT2D eigenvalue weighted by atomic mass is 32.2. The molecule has 0 radical (unpaired) electrons. The molecule has 0 spiro atoms. The molecule has 1 amide bonds. The number of carbonyl (C=O) groups excluding carboxylic acids is 5. The molecule has 2 fully saturated rings. The number of esters is 4. The SMILES string of the molecule is CC(=O)OCC(OC(C)=O)C(OC(C)=O)C12COC(=O)C(N1C(C)=O)C(C)(C)S2. The Kier molecular flexibility index (Phi) is 6.51. The van der Waals surface area contributed by atoms with Crippen LogP contribution in [-0.4, -0.2) is 75.8 Å². The van der Waals surface area contributed by atoms with Crippen molar-refractivity contribution in [3.8, 4) is 0 Å². The van der Waals surface area contributed by atoms with Crippen molar-refractivity contribution in [3.05, 3.63) is 0 Å². The molecular weight excluding hydrogens is 406 g/mol. The minimum Gasteiger partial charge on any atom is -0.462 e. The van der Waals surface area contributed by atoms with Gasteiger partial charge in [-0.05, 0) is 13.8 Å². The molecule has 0 aromatic carbocycles. The lowest BCUT2D eigenvalue weighted by Gasteiger charge is -2.47. The molecule has 0 aromatic rings. The number of amides is 1. The zero-order valence-corrected chi connectivity index (χ0v) is 18.0. The Morgan fingerprint density at radius 3 is 2.17 bits per heavy atom. The van der Waals surface area contributed by atoms with Crippen molar-refractivity contribution >= 4 is 41.5 Å². The fourth-order valence-electron chi connectivity index (χ4n) is 3.79. The summed E-state index contributed by atoms with van der Waals surface area (Å²) < 4.78 is 20.4. The van der Waals surface area contributed by atoms with Crippen LogP contribution in [0.2, 0.25) is 0 Å². The fraction of sp³-hybridized carbons (Fsp3) is 0.722. The van der Waals surface area contributed by atoms with Gasteiger partial charge in [0.1, 0.15) is 19.3 Å². The molecular formula is C18H25NO9S. The number of thioether (sulfide) groups is 1. The van der Waals surface area contributed by atoms with Crippen LogP contribution in [0.1, 0.15) is 41.5 Å². The zero-order chi connectivity index (χ0) is 22.1. The molecule has 2 heterocycles. The highest BCUT2D eigenvalue weighted by Gasteiger charge is 2.69. The van der Waals surface area contributed by atoms with Crippen molar-refractivity contribution in [1.29, 1.82) is 0 Å². The van der Waals surface area contributed by atoms with Crippen molar-refractivity contribution in [2.24, 2.45) is 0 Å². The number of nitrogens with zero attached hydrogens (tertiary/aromatic N) is 1. The van der Waals surface area contributed by atoms with Crippen molar-refractivity contribution in [2.45, 2.75) is 69.4 Å². The minimum absolute atomic E-state index is 0.286. The second kappa shape index (κ2) is 8.21. The Morgan fingerprint density at radius 2 is 1.69 bits per heavy atom. The Labute approximate surface area is 172 Å². The van der Waals surface area contributed by atoms with E-state index in [1.54, 1.807) is 13.8 Å². The van der Waals surface area contributed by atoms with E-state index in [4.69, 9.17) is 18.9 Å². The number of cyclic esters (lactones) is 1. The number of rotatable bonds is 6. The summed E-state index contributed by atoms with van der Waals surface area (Å²) in [6.07, 6.45) is -2.48. The molecule has 4 atom stereocenters. The second-order valence-corrected chi connectivity index (χ2v) is 9.39. The normalized spacial score (nSPS) is 26.8. The van der Waals surface area contributed by atoms with Crippen LogP contribution < -0.4 is 0 Å². The van der Waals surface area contributed by atoms with Gasteiger partial charge in [-0.25, -0.2) is 4.79 Å². The van der Waals surface area contributed by atoms with E-state index in [1.165, 1.54) is 30.5 Å². The quantitative estimate of drug-likeness (QED) is 0.431. The first kappa shape index (κ1) is 23.0. The molecule has 29 heavy (non-hydrogen) atoms. The summed E-state index contributed by atoms with van der Waals surface area (Å²) in [5.41, 5.74) is 0. The Hall–Kier alpha value is -2.30. The topological polar surface area (TPSA) is 126 Å². The van der Waals surface area contributed by atoms with Gasteiger partial charge in [0, 0.05) is 32.4 Å². The Morgan fingerprint density at radius 1 is 1.10 bits per heavy atom. The van der Waals surface area contributed by atoms with E-state index in [-0.39, 0.29) is 6.61 Å². The van der Waals surface area contributed by atoms with E-state index in [0.717, 1.165) is 13.8 Å². The minimum atomic E-state index is -1.36. The standard InChI is InChI=1S/C18H25NO9S/c1-9(20)19-14-16(24)26-8-18(19,29-17(14,5)6)15(28-12(4)23)13(27-11(3)22)7-25-10(2)21/h13-15H,7-8H2,1-6H3. The summed E-state index contributed by atoms with van der Waals surface area (Å²) >= 11 is 1.22. The number of carbonyl (C=O) groups is 5. The van der Waals surface area contributed by atoms with Gasteiger partial charge in [-0.15, -0.1) is 11.8 Å². The van der Waals surface area contributed by atoms with Crippen molar-refractivity contribution in [3.63, 3.8) is 0 Å². The lowest BCUT2D eigenvalue weighted by atomic mass is 9.94. The molecule has 2 rings (SSSR count). The van der Waals surface area contributed by atoms with E-state index in [2.05, 4.69) is 0 Å². The van der Waals surface area contributed by atoms with Crippen LogP contribution in [0.4, 0.5) is 0 Å². The summed E-state index contributed by atoms with van der Waals surface area (Å²) in [5.74, 6) is -3.03. The van der Waals surface area contributed by atoms with E-state index in [1.807, 2.05) is 0 Å². The molecule has 0 aromatic heterocycles. The van der Waals surface area contributed by atoms with Gasteiger partial charge >= 0.3 is 23.9 Å². The molecule has 11 heteroatoms. The highest BCUT2D eigenvalue weighted by molar-refractivity contribution is 8.02. The average Bonchev–Trinajstić information content (AvgIpc) is 2.76. The van der Waals surface area contributed by atoms with Crippen molar-refractivity contribution < 1.29 is 42.9 Å². The van der Waals surface area contributed by atoms with Gasteiger partial charge in [0.05, 0.1) is 0 Å². The number of morpholine rings is 1. The molecule has 2 aliphatic rings. The fourth-order valence-corrected chi connectivity index (χ4v) is 5.78. The predicted octanol–water partition coefficient (Wildman–Crippen LogP) is 0.409. The van der Waals surface area contributed by atoms with E-state index in [0.29, 0.717) is 0 Å². The molecule has 0 aliphatic carbocycles. The van der Waals surface area contributed by atoms with Crippen molar-refractivity contribution in [1.82, 2.24) is 4.90 Å². The van der Waals surface area contributed by atoms with Gasteiger partial charge in [-0.1, -0.05) is 0 Å². The van der Waals surface area contributed by atoms with Crippen LogP contribution in [0.3, 0.4) is 0 Å². The monoisotopic (exact) mass is 431 g/mol. The van der Waals surface area contributed by atoms with Gasteiger partial charge in [-0.2, -0.15) is 0 Å². The molecule has 0 N–H and O–H groups in total. The van der Waals surface area contributed by atoms with E-state index in [9.17, 15) is 24.0 Å². The maximum atomic E-state index is 12.6. The van der Waals surface area contributed by atoms with Gasteiger partial charge in [0.2, 0.25) is 5.91 Å². The highest BCUT2D eigenvalue weighted by Crippen LogP contribution is 2.56. The van der Waals surface area contributed by atoms with Gasteiger partial charge in [0.25, 0.3) is 0 Å².